The average molecular weight is 440 g/mol. The van der Waals surface area contributed by atoms with Crippen LogP contribution in [0.2, 0.25) is 0 Å². The minimum atomic E-state index is -0.133. The van der Waals surface area contributed by atoms with Crippen LogP contribution in [0.25, 0.3) is 17.0 Å². The molecular weight excluding hydrogens is 414 g/mol. The third-order valence-electron chi connectivity index (χ3n) is 6.05. The summed E-state index contributed by atoms with van der Waals surface area (Å²) in [7, 11) is 3.62. The number of nitrogens with zero attached hydrogens (tertiary/aromatic N) is 1. The van der Waals surface area contributed by atoms with Crippen molar-refractivity contribution in [2.45, 2.75) is 20.5 Å². The van der Waals surface area contributed by atoms with Crippen LogP contribution in [0, 0.1) is 13.8 Å². The first-order valence-corrected chi connectivity index (χ1v) is 10.8. The highest BCUT2D eigenvalue weighted by Crippen LogP contribution is 2.36. The molecule has 0 saturated carbocycles. The highest BCUT2D eigenvalue weighted by molar-refractivity contribution is 6.15. The van der Waals surface area contributed by atoms with E-state index < -0.39 is 0 Å². The van der Waals surface area contributed by atoms with Crippen LogP contribution in [0.4, 0.5) is 0 Å². The van der Waals surface area contributed by atoms with Crippen molar-refractivity contribution in [1.29, 1.82) is 0 Å². The first-order chi connectivity index (χ1) is 15.9. The summed E-state index contributed by atoms with van der Waals surface area (Å²) in [6.45, 7) is 4.60. The van der Waals surface area contributed by atoms with Crippen molar-refractivity contribution in [3.63, 3.8) is 0 Å². The van der Waals surface area contributed by atoms with E-state index in [2.05, 4.69) is 32.0 Å². The predicted molar refractivity (Wildman–Crippen MR) is 129 cm³/mol. The molecule has 0 atom stereocenters. The van der Waals surface area contributed by atoms with Gasteiger partial charge in [0.1, 0.15) is 23.9 Å². The zero-order valence-electron chi connectivity index (χ0n) is 19.1. The van der Waals surface area contributed by atoms with Crippen molar-refractivity contribution < 1.29 is 19.0 Å². The van der Waals surface area contributed by atoms with Gasteiger partial charge in [-0.1, -0.05) is 23.8 Å². The smallest absolute Gasteiger partial charge is 0.231 e. The average Bonchev–Trinajstić information content (AvgIpc) is 3.30. The monoisotopic (exact) mass is 439 g/mol. The van der Waals surface area contributed by atoms with E-state index in [-0.39, 0.29) is 5.78 Å². The molecule has 0 amide bonds. The number of ether oxygens (including phenoxy) is 3. The lowest BCUT2D eigenvalue weighted by Gasteiger charge is -2.10. The molecule has 5 nitrogen and oxygen atoms in total. The predicted octanol–water partition coefficient (Wildman–Crippen LogP) is 6.00. The number of rotatable bonds is 5. The highest BCUT2D eigenvalue weighted by atomic mass is 16.5. The Balaban J connectivity index is 1.41. The maximum atomic E-state index is 13.0. The van der Waals surface area contributed by atoms with Crippen LogP contribution >= 0.6 is 0 Å². The van der Waals surface area contributed by atoms with Crippen LogP contribution in [0.3, 0.4) is 0 Å². The number of benzene rings is 3. The molecule has 0 unspecified atom stereocenters. The second-order valence-corrected chi connectivity index (χ2v) is 8.39. The van der Waals surface area contributed by atoms with Gasteiger partial charge in [-0.3, -0.25) is 4.79 Å². The van der Waals surface area contributed by atoms with Gasteiger partial charge >= 0.3 is 0 Å². The van der Waals surface area contributed by atoms with Gasteiger partial charge in [0.2, 0.25) is 5.78 Å². The molecule has 4 aromatic rings. The Kier molecular flexibility index (Phi) is 5.17. The normalized spacial score (nSPS) is 13.9. The van der Waals surface area contributed by atoms with Gasteiger partial charge in [0.25, 0.3) is 0 Å². The third kappa shape index (κ3) is 3.87. The summed E-state index contributed by atoms with van der Waals surface area (Å²) in [5, 5.41) is 0.995. The molecule has 0 aliphatic carbocycles. The lowest BCUT2D eigenvalue weighted by molar-refractivity contribution is 0.101. The number of hydrogen-bond acceptors (Lipinski definition) is 4. The summed E-state index contributed by atoms with van der Waals surface area (Å²) in [5.41, 5.74) is 6.01. The Morgan fingerprint density at radius 3 is 2.64 bits per heavy atom. The molecular formula is C28H25NO4. The molecule has 5 rings (SSSR count). The fourth-order valence-electron chi connectivity index (χ4n) is 4.16. The fourth-order valence-corrected chi connectivity index (χ4v) is 4.16. The van der Waals surface area contributed by atoms with Gasteiger partial charge < -0.3 is 18.8 Å². The second-order valence-electron chi connectivity index (χ2n) is 8.39. The maximum absolute atomic E-state index is 13.0. The van der Waals surface area contributed by atoms with Gasteiger partial charge in [0.05, 0.1) is 12.7 Å². The third-order valence-corrected chi connectivity index (χ3v) is 6.05. The van der Waals surface area contributed by atoms with E-state index in [0.29, 0.717) is 29.4 Å². The quantitative estimate of drug-likeness (QED) is 0.358. The van der Waals surface area contributed by atoms with Gasteiger partial charge in [0.15, 0.2) is 5.76 Å². The van der Waals surface area contributed by atoms with E-state index in [9.17, 15) is 4.79 Å². The number of Topliss-reactive ketones (excluding diaryl/α,β-unsaturated/α-hetero) is 1. The van der Waals surface area contributed by atoms with Crippen molar-refractivity contribution in [3.8, 4) is 17.2 Å². The minimum Gasteiger partial charge on any atom is -0.497 e. The summed E-state index contributed by atoms with van der Waals surface area (Å²) >= 11 is 0. The van der Waals surface area contributed by atoms with Crippen molar-refractivity contribution in [1.82, 2.24) is 4.57 Å². The van der Waals surface area contributed by atoms with Crippen LogP contribution in [-0.4, -0.2) is 17.5 Å². The standard InChI is InChI=1S/C28H25NO4/c1-17-5-6-18(2)20(11-17)16-32-22-7-9-23-26(14-22)33-27(28(23)30)12-19-15-29(3)25-10-8-21(31-4)13-24(19)25/h5-15H,16H2,1-4H3. The molecule has 5 heteroatoms. The number of carbonyl (C=O) groups excluding carboxylic acids is 1. The molecule has 0 spiro atoms. The Bertz CT molecular complexity index is 1430. The summed E-state index contributed by atoms with van der Waals surface area (Å²) in [5.74, 6) is 2.11. The molecule has 0 bridgehead atoms. The lowest BCUT2D eigenvalue weighted by atomic mass is 10.1. The number of aryl methyl sites for hydroxylation is 3. The first-order valence-electron chi connectivity index (χ1n) is 10.8. The van der Waals surface area contributed by atoms with Gasteiger partial charge in [0, 0.05) is 35.8 Å². The van der Waals surface area contributed by atoms with Crippen molar-refractivity contribution in [3.05, 3.63) is 94.4 Å². The summed E-state index contributed by atoms with van der Waals surface area (Å²) in [6, 6.07) is 17.6. The molecule has 1 aliphatic rings. The number of fused-ring (bicyclic) bond motifs is 2. The molecule has 166 valence electrons. The van der Waals surface area contributed by atoms with Gasteiger partial charge in [-0.15, -0.1) is 0 Å². The van der Waals surface area contributed by atoms with E-state index in [1.807, 2.05) is 42.1 Å². The van der Waals surface area contributed by atoms with Crippen molar-refractivity contribution in [2.24, 2.45) is 7.05 Å². The highest BCUT2D eigenvalue weighted by Gasteiger charge is 2.28. The Hall–Kier alpha value is -3.99. The summed E-state index contributed by atoms with van der Waals surface area (Å²) in [4.78, 5) is 13.0. The Morgan fingerprint density at radius 2 is 1.82 bits per heavy atom. The second kappa shape index (κ2) is 8.17. The minimum absolute atomic E-state index is 0.133. The number of aromatic nitrogens is 1. The number of ketones is 1. The van der Waals surface area contributed by atoms with Gasteiger partial charge in [-0.2, -0.15) is 0 Å². The topological polar surface area (TPSA) is 49.7 Å². The number of methoxy groups -OCH3 is 1. The molecule has 0 N–H and O–H groups in total. The Labute approximate surface area is 192 Å². The van der Waals surface area contributed by atoms with Crippen LogP contribution in [0.15, 0.2) is 66.6 Å². The van der Waals surface area contributed by atoms with E-state index in [0.717, 1.165) is 27.8 Å². The zero-order chi connectivity index (χ0) is 23.1. The molecule has 0 fully saturated rings. The van der Waals surface area contributed by atoms with Crippen LogP contribution in [0.5, 0.6) is 17.2 Å². The molecule has 3 aromatic carbocycles. The summed E-state index contributed by atoms with van der Waals surface area (Å²) < 4.78 is 19.4. The Morgan fingerprint density at radius 1 is 1.00 bits per heavy atom. The summed E-state index contributed by atoms with van der Waals surface area (Å²) in [6.07, 6.45) is 3.77. The van der Waals surface area contributed by atoms with E-state index in [1.54, 1.807) is 25.3 Å². The van der Waals surface area contributed by atoms with E-state index >= 15 is 0 Å². The van der Waals surface area contributed by atoms with E-state index in [4.69, 9.17) is 14.2 Å². The fraction of sp³-hybridized carbons (Fsp3) is 0.179. The molecule has 33 heavy (non-hydrogen) atoms. The van der Waals surface area contributed by atoms with E-state index in [1.165, 1.54) is 11.1 Å². The molecule has 1 aromatic heterocycles. The number of carbonyl (C=O) groups is 1. The molecule has 0 saturated heterocycles. The van der Waals surface area contributed by atoms with Crippen molar-refractivity contribution >= 4 is 22.8 Å². The molecule has 0 radical (unpaired) electrons. The number of allylic oxidation sites excluding steroid dienone is 1. The van der Waals surface area contributed by atoms with Crippen LogP contribution < -0.4 is 14.2 Å². The van der Waals surface area contributed by atoms with Gasteiger partial charge in [-0.05, 0) is 61.4 Å². The van der Waals surface area contributed by atoms with Crippen LogP contribution in [-0.2, 0) is 13.7 Å². The maximum Gasteiger partial charge on any atom is 0.231 e. The van der Waals surface area contributed by atoms with Crippen molar-refractivity contribution in [2.75, 3.05) is 7.11 Å². The molecule has 2 heterocycles. The number of hydrogen-bond donors (Lipinski definition) is 0. The SMILES string of the molecule is COc1ccc2c(c1)c(C=C1Oc3cc(OCc4cc(C)ccc4C)ccc3C1=O)cn2C. The molecule has 1 aliphatic heterocycles. The largest absolute Gasteiger partial charge is 0.497 e. The van der Waals surface area contributed by atoms with Gasteiger partial charge in [-0.25, -0.2) is 0 Å². The zero-order valence-corrected chi connectivity index (χ0v) is 19.1. The van der Waals surface area contributed by atoms with Crippen LogP contribution in [0.1, 0.15) is 32.6 Å². The first kappa shape index (κ1) is 20.9. The lowest BCUT2D eigenvalue weighted by Crippen LogP contribution is -1.99.